The Labute approximate surface area is 148 Å². The second kappa shape index (κ2) is 7.84. The Balaban J connectivity index is 1.76. The Bertz CT molecular complexity index is 769. The Morgan fingerprint density at radius 1 is 0.920 bits per heavy atom. The van der Waals surface area contributed by atoms with Gasteiger partial charge in [-0.15, -0.1) is 0 Å². The number of carbonyl (C=O) groups is 1. The summed E-state index contributed by atoms with van der Waals surface area (Å²) >= 11 is 0. The highest BCUT2D eigenvalue weighted by atomic mass is 16.3. The third kappa shape index (κ3) is 4.38. The third-order valence-corrected chi connectivity index (χ3v) is 4.40. The normalized spacial score (nSPS) is 10.8. The van der Waals surface area contributed by atoms with Crippen molar-refractivity contribution in [3.05, 3.63) is 95.4 Å². The molecule has 3 heteroatoms. The van der Waals surface area contributed by atoms with Gasteiger partial charge in [-0.25, -0.2) is 0 Å². The molecular weight excluding hydrogens is 310 g/mol. The van der Waals surface area contributed by atoms with Crippen molar-refractivity contribution in [2.24, 2.45) is 0 Å². The maximum Gasteiger partial charge on any atom is 0.223 e. The first-order valence-corrected chi connectivity index (χ1v) is 8.52. The van der Waals surface area contributed by atoms with Gasteiger partial charge in [-0.05, 0) is 30.2 Å². The van der Waals surface area contributed by atoms with Gasteiger partial charge in [0.1, 0.15) is 11.5 Å². The Morgan fingerprint density at radius 3 is 1.96 bits per heavy atom. The molecule has 0 radical (unpaired) electrons. The van der Waals surface area contributed by atoms with Crippen LogP contribution in [0.15, 0.2) is 77.2 Å². The van der Waals surface area contributed by atoms with E-state index in [0.29, 0.717) is 13.0 Å². The van der Waals surface area contributed by atoms with E-state index in [0.717, 1.165) is 22.6 Å². The highest BCUT2D eigenvalue weighted by Gasteiger charge is 2.20. The lowest BCUT2D eigenvalue weighted by atomic mass is 9.88. The molecule has 3 aromatic rings. The molecule has 3 nitrogen and oxygen atoms in total. The van der Waals surface area contributed by atoms with Crippen LogP contribution in [0.4, 0.5) is 0 Å². The molecule has 0 atom stereocenters. The minimum atomic E-state index is 0.0516. The van der Waals surface area contributed by atoms with Crippen LogP contribution in [-0.4, -0.2) is 17.9 Å². The maximum absolute atomic E-state index is 12.8. The smallest absolute Gasteiger partial charge is 0.223 e. The van der Waals surface area contributed by atoms with Crippen molar-refractivity contribution in [2.45, 2.75) is 25.8 Å². The average molecular weight is 333 g/mol. The van der Waals surface area contributed by atoms with E-state index in [1.54, 1.807) is 4.90 Å². The summed E-state index contributed by atoms with van der Waals surface area (Å²) in [4.78, 5) is 14.5. The van der Waals surface area contributed by atoms with Crippen molar-refractivity contribution >= 4 is 5.91 Å². The van der Waals surface area contributed by atoms with Crippen molar-refractivity contribution in [2.75, 3.05) is 7.05 Å². The molecule has 1 amide bonds. The van der Waals surface area contributed by atoms with Crippen LogP contribution in [0.3, 0.4) is 0 Å². The number of nitrogens with zero attached hydrogens (tertiary/aromatic N) is 1. The van der Waals surface area contributed by atoms with Gasteiger partial charge in [0.05, 0.1) is 6.54 Å². The molecule has 0 unspecified atom stereocenters. The summed E-state index contributed by atoms with van der Waals surface area (Å²) in [5.74, 6) is 1.83. The fraction of sp³-hybridized carbons (Fsp3) is 0.227. The van der Waals surface area contributed by atoms with Gasteiger partial charge in [0.15, 0.2) is 0 Å². The molecule has 0 saturated heterocycles. The Morgan fingerprint density at radius 2 is 1.48 bits per heavy atom. The number of benzene rings is 2. The minimum absolute atomic E-state index is 0.0516. The van der Waals surface area contributed by atoms with Gasteiger partial charge in [-0.1, -0.05) is 60.7 Å². The number of hydrogen-bond donors (Lipinski definition) is 0. The summed E-state index contributed by atoms with van der Waals surface area (Å²) in [6.07, 6.45) is 0.435. The number of hydrogen-bond acceptors (Lipinski definition) is 2. The van der Waals surface area contributed by atoms with Crippen LogP contribution in [-0.2, 0) is 11.3 Å². The number of carbonyl (C=O) groups excluding carboxylic acids is 1. The van der Waals surface area contributed by atoms with Crippen LogP contribution in [0.25, 0.3) is 0 Å². The van der Waals surface area contributed by atoms with Crippen molar-refractivity contribution in [1.29, 1.82) is 0 Å². The van der Waals surface area contributed by atoms with E-state index in [2.05, 4.69) is 24.3 Å². The molecule has 0 fully saturated rings. The molecular formula is C22H23NO2. The highest BCUT2D eigenvalue weighted by Crippen LogP contribution is 2.28. The van der Waals surface area contributed by atoms with Crippen molar-refractivity contribution in [3.63, 3.8) is 0 Å². The van der Waals surface area contributed by atoms with Gasteiger partial charge in [-0.2, -0.15) is 0 Å². The molecule has 0 aliphatic rings. The number of furan rings is 1. The molecule has 128 valence electrons. The van der Waals surface area contributed by atoms with Crippen molar-refractivity contribution in [3.8, 4) is 0 Å². The quantitative estimate of drug-likeness (QED) is 0.651. The summed E-state index contributed by atoms with van der Waals surface area (Å²) in [6, 6.07) is 24.3. The van der Waals surface area contributed by atoms with Crippen LogP contribution in [0, 0.1) is 6.92 Å². The van der Waals surface area contributed by atoms with Crippen LogP contribution < -0.4 is 0 Å². The monoisotopic (exact) mass is 333 g/mol. The first-order valence-electron chi connectivity index (χ1n) is 8.52. The van der Waals surface area contributed by atoms with Gasteiger partial charge < -0.3 is 9.32 Å². The maximum atomic E-state index is 12.8. The molecule has 25 heavy (non-hydrogen) atoms. The molecule has 2 aromatic carbocycles. The summed E-state index contributed by atoms with van der Waals surface area (Å²) in [6.45, 7) is 2.40. The van der Waals surface area contributed by atoms with E-state index in [1.807, 2.05) is 62.5 Å². The van der Waals surface area contributed by atoms with E-state index in [-0.39, 0.29) is 11.8 Å². The predicted molar refractivity (Wildman–Crippen MR) is 99.3 cm³/mol. The zero-order valence-corrected chi connectivity index (χ0v) is 14.7. The second-order valence-electron chi connectivity index (χ2n) is 6.34. The van der Waals surface area contributed by atoms with Crippen LogP contribution in [0.5, 0.6) is 0 Å². The van der Waals surface area contributed by atoms with Gasteiger partial charge in [0.2, 0.25) is 5.91 Å². The zero-order chi connectivity index (χ0) is 17.6. The van der Waals surface area contributed by atoms with E-state index in [9.17, 15) is 4.79 Å². The molecule has 0 aliphatic heterocycles. The first-order chi connectivity index (χ1) is 12.1. The zero-order valence-electron chi connectivity index (χ0n) is 14.7. The molecule has 1 aromatic heterocycles. The summed E-state index contributed by atoms with van der Waals surface area (Å²) in [5, 5.41) is 0. The second-order valence-corrected chi connectivity index (χ2v) is 6.34. The van der Waals surface area contributed by atoms with Gasteiger partial charge in [0, 0.05) is 19.4 Å². The summed E-state index contributed by atoms with van der Waals surface area (Å²) < 4.78 is 5.58. The standard InChI is InChI=1S/C22H23NO2/c1-17-13-14-20(25-17)16-23(2)22(24)15-21(18-9-5-3-6-10-18)19-11-7-4-8-12-19/h3-14,21H,15-16H2,1-2H3. The van der Waals surface area contributed by atoms with Crippen LogP contribution in [0.1, 0.15) is 35.0 Å². The van der Waals surface area contributed by atoms with Crippen LogP contribution in [0.2, 0.25) is 0 Å². The van der Waals surface area contributed by atoms with E-state index in [4.69, 9.17) is 4.42 Å². The molecule has 0 N–H and O–H groups in total. The van der Waals surface area contributed by atoms with Crippen molar-refractivity contribution in [1.82, 2.24) is 4.90 Å². The van der Waals surface area contributed by atoms with Crippen molar-refractivity contribution < 1.29 is 9.21 Å². The largest absolute Gasteiger partial charge is 0.464 e. The lowest BCUT2D eigenvalue weighted by molar-refractivity contribution is -0.130. The SMILES string of the molecule is Cc1ccc(CN(C)C(=O)CC(c2ccccc2)c2ccccc2)o1. The number of amides is 1. The minimum Gasteiger partial charge on any atom is -0.464 e. The van der Waals surface area contributed by atoms with Gasteiger partial charge >= 0.3 is 0 Å². The Kier molecular flexibility index (Phi) is 5.34. The van der Waals surface area contributed by atoms with E-state index >= 15 is 0 Å². The predicted octanol–water partition coefficient (Wildman–Crippen LogP) is 4.77. The van der Waals surface area contributed by atoms with Gasteiger partial charge in [-0.3, -0.25) is 4.79 Å². The molecule has 0 bridgehead atoms. The molecule has 0 aliphatic carbocycles. The number of rotatable bonds is 6. The molecule has 1 heterocycles. The average Bonchev–Trinajstić information content (AvgIpc) is 3.05. The topological polar surface area (TPSA) is 33.5 Å². The molecule has 0 saturated carbocycles. The third-order valence-electron chi connectivity index (χ3n) is 4.40. The fourth-order valence-corrected chi connectivity index (χ4v) is 3.02. The van der Waals surface area contributed by atoms with Gasteiger partial charge in [0.25, 0.3) is 0 Å². The summed E-state index contributed by atoms with van der Waals surface area (Å²) in [5.41, 5.74) is 2.31. The fourth-order valence-electron chi connectivity index (χ4n) is 3.02. The molecule has 3 rings (SSSR count). The summed E-state index contributed by atoms with van der Waals surface area (Å²) in [7, 11) is 1.83. The van der Waals surface area contributed by atoms with E-state index in [1.165, 1.54) is 0 Å². The first kappa shape index (κ1) is 17.0. The van der Waals surface area contributed by atoms with Crippen LogP contribution >= 0.6 is 0 Å². The van der Waals surface area contributed by atoms with E-state index < -0.39 is 0 Å². The molecule has 0 spiro atoms. The highest BCUT2D eigenvalue weighted by molar-refractivity contribution is 5.77. The number of aryl methyl sites for hydroxylation is 1. The lowest BCUT2D eigenvalue weighted by Gasteiger charge is -2.22. The lowest BCUT2D eigenvalue weighted by Crippen LogP contribution is -2.27. The Hall–Kier alpha value is -2.81.